The van der Waals surface area contributed by atoms with E-state index in [0.717, 1.165) is 5.56 Å². The van der Waals surface area contributed by atoms with Gasteiger partial charge in [0.15, 0.2) is 0 Å². The lowest BCUT2D eigenvalue weighted by molar-refractivity contribution is -0.119. The molecule has 0 aromatic heterocycles. The van der Waals surface area contributed by atoms with Crippen LogP contribution in [0.1, 0.15) is 22.8 Å². The molecule has 0 aliphatic heterocycles. The SMILES string of the molecule is CC(=O)NCc1ccc(C(=O)Nc2ccc(Cl)cc2Cl)cc1. The van der Waals surface area contributed by atoms with Crippen LogP contribution in [0.25, 0.3) is 0 Å². The molecule has 114 valence electrons. The van der Waals surface area contributed by atoms with Gasteiger partial charge >= 0.3 is 0 Å². The molecule has 0 aliphatic carbocycles. The van der Waals surface area contributed by atoms with Crippen LogP contribution >= 0.6 is 23.2 Å². The summed E-state index contributed by atoms with van der Waals surface area (Å²) in [6.07, 6.45) is 0. The van der Waals surface area contributed by atoms with Gasteiger partial charge in [0.2, 0.25) is 5.91 Å². The summed E-state index contributed by atoms with van der Waals surface area (Å²) < 4.78 is 0. The average Bonchev–Trinajstić information content (AvgIpc) is 2.48. The third-order valence-corrected chi connectivity index (χ3v) is 3.48. The van der Waals surface area contributed by atoms with Gasteiger partial charge in [-0.2, -0.15) is 0 Å². The first-order valence-electron chi connectivity index (χ1n) is 6.55. The predicted molar refractivity (Wildman–Crippen MR) is 88.4 cm³/mol. The molecule has 2 amide bonds. The van der Waals surface area contributed by atoms with E-state index in [9.17, 15) is 9.59 Å². The molecule has 2 rings (SSSR count). The van der Waals surface area contributed by atoms with Gasteiger partial charge in [-0.25, -0.2) is 0 Å². The van der Waals surface area contributed by atoms with E-state index in [0.29, 0.717) is 27.8 Å². The molecule has 0 radical (unpaired) electrons. The van der Waals surface area contributed by atoms with Crippen molar-refractivity contribution in [2.75, 3.05) is 5.32 Å². The number of halogens is 2. The Balaban J connectivity index is 2.04. The zero-order valence-corrected chi connectivity index (χ0v) is 13.3. The van der Waals surface area contributed by atoms with Crippen molar-refractivity contribution in [2.45, 2.75) is 13.5 Å². The van der Waals surface area contributed by atoms with Crippen molar-refractivity contribution < 1.29 is 9.59 Å². The molecule has 0 atom stereocenters. The number of nitrogens with one attached hydrogen (secondary N) is 2. The van der Waals surface area contributed by atoms with Crippen molar-refractivity contribution in [1.82, 2.24) is 5.32 Å². The summed E-state index contributed by atoms with van der Waals surface area (Å²) in [5, 5.41) is 6.30. The van der Waals surface area contributed by atoms with E-state index < -0.39 is 0 Å². The maximum absolute atomic E-state index is 12.2. The number of carbonyl (C=O) groups excluding carboxylic acids is 2. The first-order valence-corrected chi connectivity index (χ1v) is 7.31. The van der Waals surface area contributed by atoms with Crippen molar-refractivity contribution in [3.8, 4) is 0 Å². The third-order valence-electron chi connectivity index (χ3n) is 2.94. The zero-order chi connectivity index (χ0) is 16.1. The summed E-state index contributed by atoms with van der Waals surface area (Å²) in [5.41, 5.74) is 1.91. The van der Waals surface area contributed by atoms with Gasteiger partial charge in [0.1, 0.15) is 0 Å². The van der Waals surface area contributed by atoms with Crippen molar-refractivity contribution in [3.63, 3.8) is 0 Å². The van der Waals surface area contributed by atoms with E-state index in [4.69, 9.17) is 23.2 Å². The lowest BCUT2D eigenvalue weighted by Gasteiger charge is -2.08. The number of benzene rings is 2. The van der Waals surface area contributed by atoms with Crippen molar-refractivity contribution in [1.29, 1.82) is 0 Å². The lowest BCUT2D eigenvalue weighted by Crippen LogP contribution is -2.19. The Morgan fingerprint density at radius 3 is 2.32 bits per heavy atom. The molecular formula is C16H14Cl2N2O2. The van der Waals surface area contributed by atoms with Crippen LogP contribution in [0.2, 0.25) is 10.0 Å². The Morgan fingerprint density at radius 1 is 1.05 bits per heavy atom. The third kappa shape index (κ3) is 4.48. The Bertz CT molecular complexity index is 700. The summed E-state index contributed by atoms with van der Waals surface area (Å²) in [6, 6.07) is 11.8. The Hall–Kier alpha value is -2.04. The van der Waals surface area contributed by atoms with Crippen LogP contribution in [0.3, 0.4) is 0 Å². The van der Waals surface area contributed by atoms with Crippen LogP contribution < -0.4 is 10.6 Å². The summed E-state index contributed by atoms with van der Waals surface area (Å²) in [4.78, 5) is 23.0. The average molecular weight is 337 g/mol. The molecule has 0 bridgehead atoms. The van der Waals surface area contributed by atoms with Crippen LogP contribution in [0.5, 0.6) is 0 Å². The Labute approximate surface area is 138 Å². The summed E-state index contributed by atoms with van der Waals surface area (Å²) >= 11 is 11.8. The van der Waals surface area contributed by atoms with Gasteiger partial charge in [0, 0.05) is 24.1 Å². The van der Waals surface area contributed by atoms with Crippen LogP contribution in [0.15, 0.2) is 42.5 Å². The molecule has 4 nitrogen and oxygen atoms in total. The fourth-order valence-electron chi connectivity index (χ4n) is 1.79. The van der Waals surface area contributed by atoms with E-state index in [1.807, 2.05) is 0 Å². The minimum atomic E-state index is -0.268. The number of hydrogen-bond acceptors (Lipinski definition) is 2. The Kier molecular flexibility index (Phi) is 5.41. The van der Waals surface area contributed by atoms with Crippen LogP contribution in [0.4, 0.5) is 5.69 Å². The maximum atomic E-state index is 12.2. The second-order valence-electron chi connectivity index (χ2n) is 4.68. The molecule has 0 unspecified atom stereocenters. The number of anilines is 1. The zero-order valence-electron chi connectivity index (χ0n) is 11.8. The molecule has 0 heterocycles. The van der Waals surface area contributed by atoms with E-state index in [2.05, 4.69) is 10.6 Å². The van der Waals surface area contributed by atoms with Crippen molar-refractivity contribution in [2.24, 2.45) is 0 Å². The highest BCUT2D eigenvalue weighted by molar-refractivity contribution is 6.36. The number of carbonyl (C=O) groups is 2. The molecule has 22 heavy (non-hydrogen) atoms. The standard InChI is InChI=1S/C16H14Cl2N2O2/c1-10(21)19-9-11-2-4-12(5-3-11)16(22)20-15-7-6-13(17)8-14(15)18/h2-8H,9H2,1H3,(H,19,21)(H,20,22). The number of rotatable bonds is 4. The molecular weight excluding hydrogens is 323 g/mol. The van der Waals surface area contributed by atoms with Gasteiger partial charge in [-0.3, -0.25) is 9.59 Å². The van der Waals surface area contributed by atoms with E-state index >= 15 is 0 Å². The van der Waals surface area contributed by atoms with Crippen LogP contribution in [0, 0.1) is 0 Å². The van der Waals surface area contributed by atoms with Gasteiger partial charge in [-0.15, -0.1) is 0 Å². The first-order chi connectivity index (χ1) is 10.5. The van der Waals surface area contributed by atoms with Crippen molar-refractivity contribution in [3.05, 3.63) is 63.6 Å². The highest BCUT2D eigenvalue weighted by Gasteiger charge is 2.09. The molecule has 0 saturated carbocycles. The molecule has 0 fully saturated rings. The minimum absolute atomic E-state index is 0.0980. The van der Waals surface area contributed by atoms with E-state index in [-0.39, 0.29) is 11.8 Å². The minimum Gasteiger partial charge on any atom is -0.352 e. The fourth-order valence-corrected chi connectivity index (χ4v) is 2.24. The van der Waals surface area contributed by atoms with Gasteiger partial charge in [0.25, 0.3) is 5.91 Å². The molecule has 2 aromatic carbocycles. The van der Waals surface area contributed by atoms with Gasteiger partial charge in [-0.1, -0.05) is 35.3 Å². The molecule has 0 aliphatic rings. The van der Waals surface area contributed by atoms with Crippen LogP contribution in [-0.4, -0.2) is 11.8 Å². The maximum Gasteiger partial charge on any atom is 0.255 e. The van der Waals surface area contributed by atoms with E-state index in [1.54, 1.807) is 42.5 Å². The van der Waals surface area contributed by atoms with Crippen LogP contribution in [-0.2, 0) is 11.3 Å². The number of hydrogen-bond donors (Lipinski definition) is 2. The number of amides is 2. The van der Waals surface area contributed by atoms with Gasteiger partial charge in [0.05, 0.1) is 10.7 Å². The summed E-state index contributed by atoms with van der Waals surface area (Å²) in [6.45, 7) is 1.89. The predicted octanol–water partition coefficient (Wildman–Crippen LogP) is 3.88. The monoisotopic (exact) mass is 336 g/mol. The summed E-state index contributed by atoms with van der Waals surface area (Å²) in [5.74, 6) is -0.366. The quantitative estimate of drug-likeness (QED) is 0.889. The Morgan fingerprint density at radius 2 is 1.73 bits per heavy atom. The topological polar surface area (TPSA) is 58.2 Å². The van der Waals surface area contributed by atoms with Gasteiger partial charge in [-0.05, 0) is 35.9 Å². The second-order valence-corrected chi connectivity index (χ2v) is 5.53. The fraction of sp³-hybridized carbons (Fsp3) is 0.125. The molecule has 2 N–H and O–H groups in total. The molecule has 0 saturated heterocycles. The highest BCUT2D eigenvalue weighted by Crippen LogP contribution is 2.25. The normalized spacial score (nSPS) is 10.1. The molecule has 6 heteroatoms. The smallest absolute Gasteiger partial charge is 0.255 e. The van der Waals surface area contributed by atoms with E-state index in [1.165, 1.54) is 6.92 Å². The van der Waals surface area contributed by atoms with Gasteiger partial charge < -0.3 is 10.6 Å². The summed E-state index contributed by atoms with van der Waals surface area (Å²) in [7, 11) is 0. The largest absolute Gasteiger partial charge is 0.352 e. The molecule has 0 spiro atoms. The second kappa shape index (κ2) is 7.29. The first kappa shape index (κ1) is 16.3. The molecule has 2 aromatic rings. The highest BCUT2D eigenvalue weighted by atomic mass is 35.5. The van der Waals surface area contributed by atoms with Crippen molar-refractivity contribution >= 4 is 40.7 Å². The lowest BCUT2D eigenvalue weighted by atomic mass is 10.1.